The van der Waals surface area contributed by atoms with Crippen LogP contribution in [0.3, 0.4) is 0 Å². The van der Waals surface area contributed by atoms with Crippen molar-refractivity contribution in [3.63, 3.8) is 0 Å². The summed E-state index contributed by atoms with van der Waals surface area (Å²) in [5, 5.41) is 11.6. The second-order valence-corrected chi connectivity index (χ2v) is 6.10. The Kier molecular flexibility index (Phi) is 7.68. The molecule has 26 heavy (non-hydrogen) atoms. The van der Waals surface area contributed by atoms with Gasteiger partial charge in [0.15, 0.2) is 5.75 Å². The van der Waals surface area contributed by atoms with Gasteiger partial charge in [0, 0.05) is 12.0 Å². The minimum atomic E-state index is -0.806. The average Bonchev–Trinajstić information content (AvgIpc) is 2.64. The maximum Gasteiger partial charge on any atom is 0.303 e. The average molecular weight is 355 g/mol. The number of hydrogen-bond donors (Lipinski definition) is 2. The van der Waals surface area contributed by atoms with E-state index in [0.29, 0.717) is 37.3 Å². The number of benzene rings is 2. The maximum absolute atomic E-state index is 11.1. The third kappa shape index (κ3) is 5.62. The summed E-state index contributed by atoms with van der Waals surface area (Å²) in [5.41, 5.74) is 3.48. The maximum atomic E-state index is 11.1. The minimum absolute atomic E-state index is 0.117. The van der Waals surface area contributed by atoms with Gasteiger partial charge in [-0.05, 0) is 42.5 Å². The quantitative estimate of drug-likeness (QED) is 0.459. The predicted molar refractivity (Wildman–Crippen MR) is 103 cm³/mol. The van der Waals surface area contributed by atoms with Crippen LogP contribution in [-0.2, 0) is 16.0 Å². The molecule has 0 atom stereocenters. The van der Waals surface area contributed by atoms with Crippen molar-refractivity contribution < 1.29 is 19.4 Å². The number of aliphatic carboxylic acids is 1. The highest BCUT2D eigenvalue weighted by Crippen LogP contribution is 2.38. The molecule has 2 rings (SSSR count). The number of carbonyl (C=O) groups is 2. The molecule has 0 radical (unpaired) electrons. The van der Waals surface area contributed by atoms with Crippen LogP contribution in [0, 0.1) is 0 Å². The van der Waals surface area contributed by atoms with E-state index in [0.717, 1.165) is 29.5 Å². The molecule has 0 bridgehead atoms. The van der Waals surface area contributed by atoms with Gasteiger partial charge < -0.3 is 15.2 Å². The Balaban J connectivity index is 2.41. The largest absolute Gasteiger partial charge is 0.491 e. The van der Waals surface area contributed by atoms with Gasteiger partial charge in [-0.2, -0.15) is 0 Å². The number of ether oxygens (including phenoxy) is 1. The van der Waals surface area contributed by atoms with E-state index in [1.807, 2.05) is 42.5 Å². The second kappa shape index (κ2) is 10.2. The van der Waals surface area contributed by atoms with Crippen molar-refractivity contribution in [3.8, 4) is 16.9 Å². The SMILES string of the molecule is CCCCOc1c(NC=O)cc(CCCC(=O)O)cc1-c1ccccc1. The summed E-state index contributed by atoms with van der Waals surface area (Å²) in [6.45, 7) is 2.67. The van der Waals surface area contributed by atoms with Crippen LogP contribution < -0.4 is 10.1 Å². The lowest BCUT2D eigenvalue weighted by atomic mass is 9.98. The molecule has 2 N–H and O–H groups in total. The van der Waals surface area contributed by atoms with Crippen LogP contribution in [0.1, 0.15) is 38.2 Å². The van der Waals surface area contributed by atoms with Gasteiger partial charge in [0.1, 0.15) is 0 Å². The third-order valence-corrected chi connectivity index (χ3v) is 4.05. The Morgan fingerprint density at radius 3 is 2.62 bits per heavy atom. The molecule has 2 aromatic carbocycles. The van der Waals surface area contributed by atoms with Gasteiger partial charge in [-0.25, -0.2) is 0 Å². The number of rotatable bonds is 11. The molecule has 0 saturated heterocycles. The van der Waals surface area contributed by atoms with Crippen molar-refractivity contribution in [3.05, 3.63) is 48.0 Å². The summed E-state index contributed by atoms with van der Waals surface area (Å²) in [6, 6.07) is 13.7. The molecule has 2 aromatic rings. The van der Waals surface area contributed by atoms with Gasteiger partial charge >= 0.3 is 5.97 Å². The highest BCUT2D eigenvalue weighted by atomic mass is 16.5. The number of aryl methyl sites for hydroxylation is 1. The summed E-state index contributed by atoms with van der Waals surface area (Å²) in [5.74, 6) is -0.155. The zero-order chi connectivity index (χ0) is 18.8. The van der Waals surface area contributed by atoms with Crippen LogP contribution in [0.15, 0.2) is 42.5 Å². The molecule has 0 spiro atoms. The molecule has 0 aliphatic carbocycles. The lowest BCUT2D eigenvalue weighted by Crippen LogP contribution is -2.05. The van der Waals surface area contributed by atoms with Crippen LogP contribution in [-0.4, -0.2) is 24.1 Å². The van der Waals surface area contributed by atoms with E-state index in [1.165, 1.54) is 0 Å². The topological polar surface area (TPSA) is 75.6 Å². The van der Waals surface area contributed by atoms with E-state index < -0.39 is 5.97 Å². The van der Waals surface area contributed by atoms with Gasteiger partial charge in [-0.15, -0.1) is 0 Å². The molecule has 5 heteroatoms. The molecule has 0 heterocycles. The van der Waals surface area contributed by atoms with E-state index in [9.17, 15) is 9.59 Å². The lowest BCUT2D eigenvalue weighted by Gasteiger charge is -2.18. The number of unbranched alkanes of at least 4 members (excludes halogenated alkanes) is 1. The van der Waals surface area contributed by atoms with Crippen LogP contribution in [0.5, 0.6) is 5.75 Å². The number of carboxylic acid groups (broad SMARTS) is 1. The molecule has 1 amide bonds. The molecule has 0 fully saturated rings. The van der Waals surface area contributed by atoms with Crippen LogP contribution in [0.4, 0.5) is 5.69 Å². The first kappa shape index (κ1) is 19.5. The number of hydrogen-bond acceptors (Lipinski definition) is 3. The lowest BCUT2D eigenvalue weighted by molar-refractivity contribution is -0.137. The Morgan fingerprint density at radius 1 is 1.19 bits per heavy atom. The number of anilines is 1. The standard InChI is InChI=1S/C21H25NO4/c1-2-3-12-26-21-18(17-9-5-4-6-10-17)13-16(8-7-11-20(24)25)14-19(21)22-15-23/h4-6,9-10,13-15H,2-3,7-8,11-12H2,1H3,(H,22,23)(H,24,25). The summed E-state index contributed by atoms with van der Waals surface area (Å²) in [7, 11) is 0. The number of carbonyl (C=O) groups excluding carboxylic acids is 1. The molecular weight excluding hydrogens is 330 g/mol. The molecular formula is C21H25NO4. The van der Waals surface area contributed by atoms with Crippen molar-refractivity contribution in [2.75, 3.05) is 11.9 Å². The molecule has 0 unspecified atom stereocenters. The summed E-state index contributed by atoms with van der Waals surface area (Å²) >= 11 is 0. The molecule has 5 nitrogen and oxygen atoms in total. The molecule has 138 valence electrons. The van der Waals surface area contributed by atoms with Gasteiger partial charge in [0.05, 0.1) is 12.3 Å². The van der Waals surface area contributed by atoms with Gasteiger partial charge in [0.25, 0.3) is 0 Å². The summed E-state index contributed by atoms with van der Waals surface area (Å²) in [4.78, 5) is 21.8. The highest BCUT2D eigenvalue weighted by molar-refractivity contribution is 5.84. The number of amides is 1. The van der Waals surface area contributed by atoms with E-state index in [1.54, 1.807) is 0 Å². The third-order valence-electron chi connectivity index (χ3n) is 4.05. The van der Waals surface area contributed by atoms with Crippen LogP contribution in [0.25, 0.3) is 11.1 Å². The van der Waals surface area contributed by atoms with E-state index in [4.69, 9.17) is 9.84 Å². The first-order valence-corrected chi connectivity index (χ1v) is 8.92. The predicted octanol–water partition coefficient (Wildman–Crippen LogP) is 4.51. The molecule has 0 saturated carbocycles. The van der Waals surface area contributed by atoms with Crippen molar-refractivity contribution >= 4 is 18.1 Å². The monoisotopic (exact) mass is 355 g/mol. The zero-order valence-corrected chi connectivity index (χ0v) is 15.0. The second-order valence-electron chi connectivity index (χ2n) is 6.10. The molecule has 0 aliphatic rings. The van der Waals surface area contributed by atoms with Gasteiger partial charge in [-0.1, -0.05) is 43.7 Å². The zero-order valence-electron chi connectivity index (χ0n) is 15.0. The fraction of sp³-hybridized carbons (Fsp3) is 0.333. The highest BCUT2D eigenvalue weighted by Gasteiger charge is 2.14. The van der Waals surface area contributed by atoms with E-state index in [2.05, 4.69) is 12.2 Å². The van der Waals surface area contributed by atoms with Crippen LogP contribution >= 0.6 is 0 Å². The van der Waals surface area contributed by atoms with Gasteiger partial charge in [-0.3, -0.25) is 9.59 Å². The summed E-state index contributed by atoms with van der Waals surface area (Å²) in [6.07, 6.45) is 3.86. The summed E-state index contributed by atoms with van der Waals surface area (Å²) < 4.78 is 6.00. The van der Waals surface area contributed by atoms with E-state index >= 15 is 0 Å². The Labute approximate surface area is 154 Å². The Morgan fingerprint density at radius 2 is 1.96 bits per heavy atom. The number of carboxylic acids is 1. The minimum Gasteiger partial charge on any atom is -0.491 e. The van der Waals surface area contributed by atoms with Crippen molar-refractivity contribution in [1.29, 1.82) is 0 Å². The number of nitrogens with one attached hydrogen (secondary N) is 1. The van der Waals surface area contributed by atoms with Crippen molar-refractivity contribution in [2.45, 2.75) is 39.0 Å². The Hall–Kier alpha value is -2.82. The first-order valence-electron chi connectivity index (χ1n) is 8.92. The van der Waals surface area contributed by atoms with Crippen LogP contribution in [0.2, 0.25) is 0 Å². The fourth-order valence-corrected chi connectivity index (χ4v) is 2.75. The fourth-order valence-electron chi connectivity index (χ4n) is 2.75. The van der Waals surface area contributed by atoms with Crippen molar-refractivity contribution in [2.24, 2.45) is 0 Å². The van der Waals surface area contributed by atoms with E-state index in [-0.39, 0.29) is 6.42 Å². The van der Waals surface area contributed by atoms with Gasteiger partial charge in [0.2, 0.25) is 6.41 Å². The smallest absolute Gasteiger partial charge is 0.303 e. The normalized spacial score (nSPS) is 10.3. The molecule has 0 aliphatic heterocycles. The first-order chi connectivity index (χ1) is 12.7. The van der Waals surface area contributed by atoms with Crippen molar-refractivity contribution in [1.82, 2.24) is 0 Å². The Bertz CT molecular complexity index is 728. The molecule has 0 aromatic heterocycles.